The number of aromatic nitrogens is 4. The van der Waals surface area contributed by atoms with Gasteiger partial charge in [-0.1, -0.05) is 6.07 Å². The van der Waals surface area contributed by atoms with Crippen molar-refractivity contribution in [3.63, 3.8) is 0 Å². The molecular weight excluding hydrogens is 328 g/mol. The number of aliphatic hydroxyl groups excluding tert-OH is 1. The Labute approximate surface area is 151 Å². The summed E-state index contributed by atoms with van der Waals surface area (Å²) < 4.78 is 0. The molecule has 0 saturated heterocycles. The molecule has 7 heteroatoms. The first-order chi connectivity index (χ1) is 12.8. The van der Waals surface area contributed by atoms with Gasteiger partial charge >= 0.3 is 0 Å². The predicted octanol–water partition coefficient (Wildman–Crippen LogP) is 1.72. The molecule has 4 rings (SSSR count). The van der Waals surface area contributed by atoms with Crippen LogP contribution in [0.4, 0.5) is 5.82 Å². The van der Waals surface area contributed by atoms with Crippen molar-refractivity contribution in [1.29, 1.82) is 0 Å². The summed E-state index contributed by atoms with van der Waals surface area (Å²) in [7, 11) is 0. The van der Waals surface area contributed by atoms with Crippen molar-refractivity contribution in [3.05, 3.63) is 65.9 Å². The molecule has 3 aromatic rings. The van der Waals surface area contributed by atoms with Gasteiger partial charge in [-0.25, -0.2) is 9.97 Å². The Balaban J connectivity index is 1.62. The molecule has 3 N–H and O–H groups in total. The Bertz CT molecular complexity index is 872. The highest BCUT2D eigenvalue weighted by Gasteiger charge is 2.19. The van der Waals surface area contributed by atoms with Gasteiger partial charge in [0.05, 0.1) is 11.8 Å². The lowest BCUT2D eigenvalue weighted by Gasteiger charge is -2.21. The van der Waals surface area contributed by atoms with Gasteiger partial charge < -0.3 is 15.7 Å². The van der Waals surface area contributed by atoms with Crippen LogP contribution < -0.4 is 10.6 Å². The van der Waals surface area contributed by atoms with Crippen molar-refractivity contribution in [2.75, 3.05) is 18.4 Å². The normalized spacial score (nSPS) is 14.5. The Kier molecular flexibility index (Phi) is 4.81. The minimum atomic E-state index is -0.652. The van der Waals surface area contributed by atoms with Gasteiger partial charge in [0.15, 0.2) is 5.82 Å². The maximum atomic E-state index is 10.4. The average Bonchev–Trinajstić information content (AvgIpc) is 2.73. The van der Waals surface area contributed by atoms with Crippen LogP contribution in [0.25, 0.3) is 11.4 Å². The van der Waals surface area contributed by atoms with Gasteiger partial charge in [0.1, 0.15) is 5.82 Å². The van der Waals surface area contributed by atoms with E-state index in [1.165, 1.54) is 0 Å². The number of nitrogens with one attached hydrogen (secondary N) is 2. The van der Waals surface area contributed by atoms with Gasteiger partial charge in [-0.2, -0.15) is 0 Å². The summed E-state index contributed by atoms with van der Waals surface area (Å²) in [5.41, 5.74) is 3.81. The van der Waals surface area contributed by atoms with Gasteiger partial charge in [0.25, 0.3) is 0 Å². The molecule has 0 bridgehead atoms. The molecule has 3 aromatic heterocycles. The van der Waals surface area contributed by atoms with E-state index >= 15 is 0 Å². The molecule has 1 atom stereocenters. The second-order valence-corrected chi connectivity index (χ2v) is 6.17. The topological polar surface area (TPSA) is 95.9 Å². The summed E-state index contributed by atoms with van der Waals surface area (Å²) in [4.78, 5) is 17.5. The molecule has 0 aromatic carbocycles. The van der Waals surface area contributed by atoms with Crippen molar-refractivity contribution in [2.24, 2.45) is 0 Å². The number of hydrogen-bond donors (Lipinski definition) is 3. The molecule has 0 fully saturated rings. The third-order valence-electron chi connectivity index (χ3n) is 4.41. The summed E-state index contributed by atoms with van der Waals surface area (Å²) in [6, 6.07) is 7.47. The van der Waals surface area contributed by atoms with E-state index in [-0.39, 0.29) is 0 Å². The fraction of sp³-hybridized carbons (Fsp3) is 0.263. The highest BCUT2D eigenvalue weighted by atomic mass is 16.3. The second-order valence-electron chi connectivity index (χ2n) is 6.17. The maximum absolute atomic E-state index is 10.4. The van der Waals surface area contributed by atoms with E-state index < -0.39 is 6.10 Å². The van der Waals surface area contributed by atoms with E-state index in [4.69, 9.17) is 9.97 Å². The lowest BCUT2D eigenvalue weighted by atomic mass is 10.1. The van der Waals surface area contributed by atoms with E-state index in [2.05, 4.69) is 20.6 Å². The minimum absolute atomic E-state index is 0.359. The first kappa shape index (κ1) is 16.6. The number of rotatable bonds is 5. The first-order valence-electron chi connectivity index (χ1n) is 8.64. The van der Waals surface area contributed by atoms with Gasteiger partial charge in [0, 0.05) is 54.6 Å². The smallest absolute Gasteiger partial charge is 0.161 e. The molecule has 0 saturated carbocycles. The summed E-state index contributed by atoms with van der Waals surface area (Å²) in [5.74, 6) is 1.44. The number of nitrogens with zero attached hydrogens (tertiary/aromatic N) is 4. The SMILES string of the molecule is O[C@@H](CNc1nc(-c2ccncc2)nc2c1CCNC2)c1cccnc1. The van der Waals surface area contributed by atoms with E-state index in [9.17, 15) is 5.11 Å². The predicted molar refractivity (Wildman–Crippen MR) is 98.4 cm³/mol. The van der Waals surface area contributed by atoms with Crippen LogP contribution in [0.1, 0.15) is 22.9 Å². The number of pyridine rings is 2. The average molecular weight is 348 g/mol. The number of anilines is 1. The van der Waals surface area contributed by atoms with E-state index in [0.29, 0.717) is 12.4 Å². The third kappa shape index (κ3) is 3.54. The molecule has 0 unspecified atom stereocenters. The van der Waals surface area contributed by atoms with Crippen molar-refractivity contribution in [2.45, 2.75) is 19.1 Å². The van der Waals surface area contributed by atoms with Crippen LogP contribution in [-0.2, 0) is 13.0 Å². The molecular formula is C19H20N6O. The quantitative estimate of drug-likeness (QED) is 0.646. The zero-order valence-electron chi connectivity index (χ0n) is 14.3. The summed E-state index contributed by atoms with van der Waals surface area (Å²) in [6.07, 6.45) is 7.04. The van der Waals surface area contributed by atoms with E-state index in [1.54, 1.807) is 24.8 Å². The molecule has 4 heterocycles. The van der Waals surface area contributed by atoms with Gasteiger partial charge in [-0.3, -0.25) is 9.97 Å². The lowest BCUT2D eigenvalue weighted by Crippen LogP contribution is -2.27. The molecule has 0 amide bonds. The largest absolute Gasteiger partial charge is 0.387 e. The first-order valence-corrected chi connectivity index (χ1v) is 8.64. The molecule has 0 aliphatic carbocycles. The molecule has 132 valence electrons. The van der Waals surface area contributed by atoms with Crippen molar-refractivity contribution >= 4 is 5.82 Å². The fourth-order valence-corrected chi connectivity index (χ4v) is 3.02. The zero-order valence-corrected chi connectivity index (χ0v) is 14.3. The highest BCUT2D eigenvalue weighted by Crippen LogP contribution is 2.25. The Morgan fingerprint density at radius 1 is 1.12 bits per heavy atom. The molecule has 26 heavy (non-hydrogen) atoms. The fourth-order valence-electron chi connectivity index (χ4n) is 3.02. The van der Waals surface area contributed by atoms with Gasteiger partial charge in [-0.05, 0) is 31.2 Å². The van der Waals surface area contributed by atoms with Crippen LogP contribution in [0.3, 0.4) is 0 Å². The zero-order chi connectivity index (χ0) is 17.8. The van der Waals surface area contributed by atoms with Crippen LogP contribution in [0, 0.1) is 0 Å². The summed E-state index contributed by atoms with van der Waals surface area (Å²) in [6.45, 7) is 1.97. The Hall–Kier alpha value is -2.90. The lowest BCUT2D eigenvalue weighted by molar-refractivity contribution is 0.191. The van der Waals surface area contributed by atoms with E-state index in [1.807, 2.05) is 24.3 Å². The van der Waals surface area contributed by atoms with Gasteiger partial charge in [-0.15, -0.1) is 0 Å². The molecule has 1 aliphatic rings. The van der Waals surface area contributed by atoms with Crippen LogP contribution in [0.15, 0.2) is 49.1 Å². The Morgan fingerprint density at radius 3 is 2.81 bits per heavy atom. The summed E-state index contributed by atoms with van der Waals surface area (Å²) in [5, 5.41) is 17.1. The standard InChI is InChI=1S/C19H20N6O/c26-17(14-2-1-6-21-10-14)12-23-19-15-5-9-22-11-16(15)24-18(25-19)13-3-7-20-8-4-13/h1-4,6-8,10,17,22,26H,5,9,11-12H2,(H,23,24,25)/t17-/m0/s1. The van der Waals surface area contributed by atoms with Crippen molar-refractivity contribution in [1.82, 2.24) is 25.3 Å². The van der Waals surface area contributed by atoms with Crippen LogP contribution in [-0.4, -0.2) is 38.1 Å². The van der Waals surface area contributed by atoms with Crippen molar-refractivity contribution < 1.29 is 5.11 Å². The van der Waals surface area contributed by atoms with Gasteiger partial charge in [0.2, 0.25) is 0 Å². The number of hydrogen-bond acceptors (Lipinski definition) is 7. The van der Waals surface area contributed by atoms with Crippen LogP contribution in [0.5, 0.6) is 0 Å². The van der Waals surface area contributed by atoms with Crippen LogP contribution in [0.2, 0.25) is 0 Å². The van der Waals surface area contributed by atoms with Crippen LogP contribution >= 0.6 is 0 Å². The second kappa shape index (κ2) is 7.55. The van der Waals surface area contributed by atoms with Crippen molar-refractivity contribution in [3.8, 4) is 11.4 Å². The monoisotopic (exact) mass is 348 g/mol. The molecule has 1 aliphatic heterocycles. The minimum Gasteiger partial charge on any atom is -0.387 e. The highest BCUT2D eigenvalue weighted by molar-refractivity contribution is 5.59. The third-order valence-corrected chi connectivity index (χ3v) is 4.41. The maximum Gasteiger partial charge on any atom is 0.161 e. The van der Waals surface area contributed by atoms with E-state index in [0.717, 1.165) is 47.7 Å². The molecule has 7 nitrogen and oxygen atoms in total. The summed E-state index contributed by atoms with van der Waals surface area (Å²) >= 11 is 0. The Morgan fingerprint density at radius 2 is 2.00 bits per heavy atom. The number of aliphatic hydroxyl groups is 1. The molecule has 0 spiro atoms. The number of fused-ring (bicyclic) bond motifs is 1. The molecule has 0 radical (unpaired) electrons.